The number of ketones is 1. The Labute approximate surface area is 183 Å². The predicted molar refractivity (Wildman–Crippen MR) is 121 cm³/mol. The van der Waals surface area contributed by atoms with E-state index < -0.39 is 5.54 Å². The molecule has 2 aromatic rings. The molecule has 0 spiro atoms. The lowest BCUT2D eigenvalue weighted by Gasteiger charge is -2.34. The zero-order chi connectivity index (χ0) is 21.6. The fourth-order valence-electron chi connectivity index (χ4n) is 3.24. The van der Waals surface area contributed by atoms with Gasteiger partial charge >= 0.3 is 0 Å². The molecule has 0 amide bonds. The molecule has 1 aliphatic rings. The molecule has 3 rings (SSSR count). The lowest BCUT2D eigenvalue weighted by Crippen LogP contribution is -2.48. The van der Waals surface area contributed by atoms with E-state index in [-0.39, 0.29) is 5.78 Å². The molecule has 30 heavy (non-hydrogen) atoms. The SMILES string of the molecule is C=CCC(C)(C(=O)c1ccc(Sc2ccc(ON3CCOCC3)cc2)cc1)N(C)C. The number of hydrogen-bond donors (Lipinski definition) is 0. The van der Waals surface area contributed by atoms with Crippen molar-refractivity contribution in [2.45, 2.75) is 28.7 Å². The van der Waals surface area contributed by atoms with Crippen LogP contribution in [0.25, 0.3) is 0 Å². The van der Waals surface area contributed by atoms with E-state index in [0.717, 1.165) is 28.6 Å². The summed E-state index contributed by atoms with van der Waals surface area (Å²) in [6, 6.07) is 15.9. The van der Waals surface area contributed by atoms with Gasteiger partial charge in [-0.2, -0.15) is 0 Å². The molecule has 1 unspecified atom stereocenters. The number of carbonyl (C=O) groups excluding carboxylic acids is 1. The summed E-state index contributed by atoms with van der Waals surface area (Å²) >= 11 is 1.66. The minimum atomic E-state index is -0.591. The summed E-state index contributed by atoms with van der Waals surface area (Å²) in [7, 11) is 3.86. The largest absolute Gasteiger partial charge is 0.406 e. The molecule has 160 valence electrons. The van der Waals surface area contributed by atoms with E-state index in [1.807, 2.05) is 79.5 Å². The summed E-state index contributed by atoms with van der Waals surface area (Å²) in [5, 5.41) is 1.93. The van der Waals surface area contributed by atoms with Crippen molar-refractivity contribution in [3.63, 3.8) is 0 Å². The second-order valence-electron chi connectivity index (χ2n) is 7.72. The molecule has 1 atom stereocenters. The average molecular weight is 427 g/mol. The van der Waals surface area contributed by atoms with Gasteiger partial charge in [0.25, 0.3) is 0 Å². The second kappa shape index (κ2) is 10.3. The molecule has 1 heterocycles. The average Bonchev–Trinajstić information content (AvgIpc) is 2.76. The molecular weight excluding hydrogens is 396 g/mol. The smallest absolute Gasteiger partial charge is 0.183 e. The van der Waals surface area contributed by atoms with Crippen LogP contribution in [0, 0.1) is 0 Å². The number of likely N-dealkylation sites (N-methyl/N-ethyl adjacent to an activating group) is 1. The number of hydrogen-bond acceptors (Lipinski definition) is 6. The number of nitrogens with zero attached hydrogens (tertiary/aromatic N) is 2. The maximum absolute atomic E-state index is 13.0. The third-order valence-corrected chi connectivity index (χ3v) is 6.41. The van der Waals surface area contributed by atoms with E-state index in [9.17, 15) is 4.79 Å². The van der Waals surface area contributed by atoms with Crippen molar-refractivity contribution in [1.82, 2.24) is 9.96 Å². The zero-order valence-corrected chi connectivity index (χ0v) is 18.8. The predicted octanol–water partition coefficient (Wildman–Crippen LogP) is 4.54. The summed E-state index contributed by atoms with van der Waals surface area (Å²) < 4.78 is 5.34. The van der Waals surface area contributed by atoms with Gasteiger partial charge in [-0.25, -0.2) is 0 Å². The molecule has 2 aromatic carbocycles. The second-order valence-corrected chi connectivity index (χ2v) is 8.87. The standard InChI is InChI=1S/C24H30N2O3S/c1-5-14-24(2,25(3)4)23(27)19-6-10-21(11-7-19)30-22-12-8-20(9-13-22)29-26-15-17-28-18-16-26/h5-13H,1,14-18H2,2-4H3. The monoisotopic (exact) mass is 426 g/mol. The first kappa shape index (κ1) is 22.6. The molecule has 1 saturated heterocycles. The van der Waals surface area contributed by atoms with Gasteiger partial charge in [0, 0.05) is 15.4 Å². The Bertz CT molecular complexity index is 846. The van der Waals surface area contributed by atoms with Gasteiger partial charge in [-0.15, -0.1) is 11.6 Å². The molecular formula is C24H30N2O3S. The van der Waals surface area contributed by atoms with Crippen LogP contribution in [-0.4, -0.2) is 61.7 Å². The number of benzene rings is 2. The summed E-state index contributed by atoms with van der Waals surface area (Å²) in [5.74, 6) is 0.931. The van der Waals surface area contributed by atoms with Gasteiger partial charge in [0.15, 0.2) is 5.78 Å². The Morgan fingerprint density at radius 1 is 1.13 bits per heavy atom. The summed E-state index contributed by atoms with van der Waals surface area (Å²) in [5.41, 5.74) is 0.124. The van der Waals surface area contributed by atoms with E-state index in [1.165, 1.54) is 0 Å². The van der Waals surface area contributed by atoms with Crippen molar-refractivity contribution in [3.05, 3.63) is 66.7 Å². The maximum Gasteiger partial charge on any atom is 0.183 e. The Kier molecular flexibility index (Phi) is 7.72. The molecule has 5 nitrogen and oxygen atoms in total. The van der Waals surface area contributed by atoms with E-state index in [2.05, 4.69) is 6.58 Å². The van der Waals surface area contributed by atoms with Crippen LogP contribution in [0.5, 0.6) is 5.75 Å². The van der Waals surface area contributed by atoms with Crippen LogP contribution < -0.4 is 4.84 Å². The lowest BCUT2D eigenvalue weighted by molar-refractivity contribution is -0.118. The third-order valence-electron chi connectivity index (χ3n) is 5.40. The van der Waals surface area contributed by atoms with Crippen molar-refractivity contribution in [1.29, 1.82) is 0 Å². The third kappa shape index (κ3) is 5.52. The highest BCUT2D eigenvalue weighted by atomic mass is 32.2. The van der Waals surface area contributed by atoms with Crippen molar-refractivity contribution < 1.29 is 14.4 Å². The van der Waals surface area contributed by atoms with Crippen LogP contribution in [0.3, 0.4) is 0 Å². The fraction of sp³-hybridized carbons (Fsp3) is 0.375. The van der Waals surface area contributed by atoms with Crippen LogP contribution in [0.1, 0.15) is 23.7 Å². The molecule has 0 aliphatic carbocycles. The van der Waals surface area contributed by atoms with E-state index in [1.54, 1.807) is 17.8 Å². The summed E-state index contributed by atoms with van der Waals surface area (Å²) in [6.07, 6.45) is 2.41. The molecule has 0 N–H and O–H groups in total. The molecule has 0 saturated carbocycles. The summed E-state index contributed by atoms with van der Waals surface area (Å²) in [4.78, 5) is 23.1. The number of carbonyl (C=O) groups is 1. The first-order valence-corrected chi connectivity index (χ1v) is 11.0. The Morgan fingerprint density at radius 2 is 1.70 bits per heavy atom. The minimum Gasteiger partial charge on any atom is -0.406 e. The van der Waals surface area contributed by atoms with Gasteiger partial charge in [0.2, 0.25) is 0 Å². The van der Waals surface area contributed by atoms with Gasteiger partial charge in [-0.1, -0.05) is 30.0 Å². The number of rotatable bonds is 9. The van der Waals surface area contributed by atoms with Crippen molar-refractivity contribution in [2.24, 2.45) is 0 Å². The Hall–Kier alpha value is -2.12. The van der Waals surface area contributed by atoms with Gasteiger partial charge in [0.05, 0.1) is 31.8 Å². The van der Waals surface area contributed by atoms with E-state index in [0.29, 0.717) is 25.2 Å². The highest BCUT2D eigenvalue weighted by Crippen LogP contribution is 2.30. The fourth-order valence-corrected chi connectivity index (χ4v) is 4.05. The highest BCUT2D eigenvalue weighted by molar-refractivity contribution is 7.99. The van der Waals surface area contributed by atoms with E-state index >= 15 is 0 Å². The zero-order valence-electron chi connectivity index (χ0n) is 18.0. The van der Waals surface area contributed by atoms with Crippen LogP contribution in [-0.2, 0) is 4.74 Å². The maximum atomic E-state index is 13.0. The number of hydroxylamine groups is 2. The molecule has 1 fully saturated rings. The minimum absolute atomic E-state index is 0.105. The van der Waals surface area contributed by atoms with Crippen LogP contribution in [0.15, 0.2) is 71.0 Å². The van der Waals surface area contributed by atoms with Gasteiger partial charge in [-0.05, 0) is 63.8 Å². The Balaban J connectivity index is 1.62. The highest BCUT2D eigenvalue weighted by Gasteiger charge is 2.34. The van der Waals surface area contributed by atoms with E-state index in [4.69, 9.17) is 9.57 Å². The molecule has 0 radical (unpaired) electrons. The molecule has 1 aliphatic heterocycles. The topological polar surface area (TPSA) is 42.0 Å². The van der Waals surface area contributed by atoms with Crippen molar-refractivity contribution >= 4 is 17.5 Å². The molecule has 0 aromatic heterocycles. The number of Topliss-reactive ketones (excluding diaryl/α,β-unsaturated/α-hetero) is 1. The lowest BCUT2D eigenvalue weighted by atomic mass is 9.87. The van der Waals surface area contributed by atoms with Crippen LogP contribution in [0.2, 0.25) is 0 Å². The van der Waals surface area contributed by atoms with Gasteiger partial charge < -0.3 is 9.57 Å². The molecule has 6 heteroatoms. The van der Waals surface area contributed by atoms with Crippen molar-refractivity contribution in [2.75, 3.05) is 40.4 Å². The molecule has 0 bridgehead atoms. The number of ether oxygens (including phenoxy) is 1. The summed E-state index contributed by atoms with van der Waals surface area (Å²) in [6.45, 7) is 8.73. The quantitative estimate of drug-likeness (QED) is 0.433. The van der Waals surface area contributed by atoms with Gasteiger partial charge in [-0.3, -0.25) is 9.69 Å². The van der Waals surface area contributed by atoms with Crippen molar-refractivity contribution in [3.8, 4) is 5.75 Å². The van der Waals surface area contributed by atoms with Crippen LogP contribution in [0.4, 0.5) is 0 Å². The van der Waals surface area contributed by atoms with Crippen LogP contribution >= 0.6 is 11.8 Å². The van der Waals surface area contributed by atoms with Gasteiger partial charge in [0.1, 0.15) is 5.75 Å². The first-order chi connectivity index (χ1) is 14.4. The first-order valence-electron chi connectivity index (χ1n) is 10.1. The Morgan fingerprint density at radius 3 is 2.23 bits per heavy atom. The number of morpholine rings is 1. The normalized spacial score (nSPS) is 16.8.